The van der Waals surface area contributed by atoms with Crippen LogP contribution in [0.3, 0.4) is 0 Å². The van der Waals surface area contributed by atoms with E-state index in [1.54, 1.807) is 0 Å². The van der Waals surface area contributed by atoms with Crippen molar-refractivity contribution in [1.82, 2.24) is 0 Å². The van der Waals surface area contributed by atoms with Gasteiger partial charge >= 0.3 is 0 Å². The molecule has 1 nitrogen and oxygen atoms in total. The maximum Gasteiger partial charge on any atom is 0.0380 e. The Morgan fingerprint density at radius 2 is 1.82 bits per heavy atom. The Kier molecular flexibility index (Phi) is 5.68. The van der Waals surface area contributed by atoms with Crippen LogP contribution in [0.2, 0.25) is 0 Å². The Labute approximate surface area is 105 Å². The molecule has 0 N–H and O–H groups in total. The Balaban J connectivity index is 0.000000686. The van der Waals surface area contributed by atoms with E-state index in [0.717, 1.165) is 6.42 Å². The van der Waals surface area contributed by atoms with Crippen LogP contribution in [-0.4, -0.2) is 12.8 Å². The summed E-state index contributed by atoms with van der Waals surface area (Å²) >= 11 is 0. The molecule has 1 aliphatic carbocycles. The Hall–Kier alpha value is -1.37. The van der Waals surface area contributed by atoms with Crippen LogP contribution < -0.4 is 0 Å². The molecule has 1 aromatic carbocycles. The van der Waals surface area contributed by atoms with Crippen molar-refractivity contribution in [2.24, 2.45) is 4.99 Å². The number of hydrogen-bond acceptors (Lipinski definition) is 1. The highest BCUT2D eigenvalue weighted by atomic mass is 14.7. The molecule has 2 rings (SSSR count). The van der Waals surface area contributed by atoms with Crippen LogP contribution in [0.4, 0.5) is 0 Å². The average molecular weight is 229 g/mol. The molecule has 1 aliphatic rings. The molecule has 1 unspecified atom stereocenters. The zero-order valence-corrected chi connectivity index (χ0v) is 11.4. The van der Waals surface area contributed by atoms with E-state index < -0.39 is 0 Å². The van der Waals surface area contributed by atoms with Crippen molar-refractivity contribution in [1.29, 1.82) is 0 Å². The Morgan fingerprint density at radius 1 is 1.18 bits per heavy atom. The minimum Gasteiger partial charge on any atom is -0.293 e. The van der Waals surface area contributed by atoms with Gasteiger partial charge in [-0.25, -0.2) is 0 Å². The highest BCUT2D eigenvalue weighted by molar-refractivity contribution is 6.03. The molecule has 1 aromatic rings. The maximum atomic E-state index is 4.36. The lowest BCUT2D eigenvalue weighted by molar-refractivity contribution is 0.802. The van der Waals surface area contributed by atoms with Gasteiger partial charge in [-0.2, -0.15) is 0 Å². The van der Waals surface area contributed by atoms with Gasteiger partial charge in [0.2, 0.25) is 0 Å². The van der Waals surface area contributed by atoms with Crippen molar-refractivity contribution >= 4 is 5.71 Å². The molecule has 0 radical (unpaired) electrons. The topological polar surface area (TPSA) is 12.4 Å². The fraction of sp³-hybridized carbons (Fsp3) is 0.438. The summed E-state index contributed by atoms with van der Waals surface area (Å²) in [7, 11) is 1.90. The second-order valence-corrected chi connectivity index (χ2v) is 3.92. The smallest absolute Gasteiger partial charge is 0.0380 e. The first-order chi connectivity index (χ1) is 8.36. The lowest BCUT2D eigenvalue weighted by Crippen LogP contribution is -2.00. The fourth-order valence-electron chi connectivity index (χ4n) is 2.42. The standard InChI is InChI=1S/C14H17N.C2H6/c1-3-12-13(9-10-14(12)15-2)11-7-5-4-6-8-11;1-2/h3-8,13H,9-10H2,1-2H3;1-2H3/b12-3-,15-14?;. The summed E-state index contributed by atoms with van der Waals surface area (Å²) < 4.78 is 0. The molecular weight excluding hydrogens is 206 g/mol. The van der Waals surface area contributed by atoms with Gasteiger partial charge in [0.05, 0.1) is 0 Å². The maximum absolute atomic E-state index is 4.36. The monoisotopic (exact) mass is 229 g/mol. The molecule has 1 heteroatoms. The summed E-state index contributed by atoms with van der Waals surface area (Å²) in [4.78, 5) is 4.36. The molecule has 1 atom stereocenters. The summed E-state index contributed by atoms with van der Waals surface area (Å²) in [5.41, 5.74) is 4.12. The molecule has 0 saturated heterocycles. The van der Waals surface area contributed by atoms with E-state index in [1.165, 1.54) is 23.3 Å². The van der Waals surface area contributed by atoms with Crippen LogP contribution in [-0.2, 0) is 0 Å². The molecule has 0 amide bonds. The van der Waals surface area contributed by atoms with Crippen LogP contribution >= 0.6 is 0 Å². The van der Waals surface area contributed by atoms with Crippen molar-refractivity contribution < 1.29 is 0 Å². The van der Waals surface area contributed by atoms with Gasteiger partial charge in [0.15, 0.2) is 0 Å². The number of hydrogen-bond donors (Lipinski definition) is 0. The summed E-state index contributed by atoms with van der Waals surface area (Å²) in [6, 6.07) is 10.7. The van der Waals surface area contributed by atoms with Gasteiger partial charge in [-0.15, -0.1) is 0 Å². The van der Waals surface area contributed by atoms with E-state index in [4.69, 9.17) is 0 Å². The molecule has 0 bridgehead atoms. The molecule has 17 heavy (non-hydrogen) atoms. The quantitative estimate of drug-likeness (QED) is 0.667. The van der Waals surface area contributed by atoms with Crippen molar-refractivity contribution in [2.45, 2.75) is 39.5 Å². The fourth-order valence-corrected chi connectivity index (χ4v) is 2.42. The first-order valence-electron chi connectivity index (χ1n) is 6.54. The minimum absolute atomic E-state index is 0.565. The van der Waals surface area contributed by atoms with Crippen LogP contribution in [0.1, 0.15) is 45.1 Å². The number of aliphatic imine (C=N–C) groups is 1. The summed E-state index contributed by atoms with van der Waals surface area (Å²) in [5, 5.41) is 0. The van der Waals surface area contributed by atoms with Gasteiger partial charge in [0, 0.05) is 18.7 Å². The first kappa shape index (κ1) is 13.7. The normalized spacial score (nSPS) is 23.6. The van der Waals surface area contributed by atoms with Gasteiger partial charge < -0.3 is 0 Å². The van der Waals surface area contributed by atoms with E-state index in [-0.39, 0.29) is 0 Å². The van der Waals surface area contributed by atoms with E-state index in [2.05, 4.69) is 48.3 Å². The van der Waals surface area contributed by atoms with E-state index in [1.807, 2.05) is 20.9 Å². The van der Waals surface area contributed by atoms with Gasteiger partial charge in [-0.1, -0.05) is 50.3 Å². The first-order valence-corrected chi connectivity index (χ1v) is 6.54. The van der Waals surface area contributed by atoms with E-state index >= 15 is 0 Å². The molecular formula is C16H23N. The van der Waals surface area contributed by atoms with Crippen LogP contribution in [0.5, 0.6) is 0 Å². The van der Waals surface area contributed by atoms with E-state index in [0.29, 0.717) is 5.92 Å². The summed E-state index contributed by atoms with van der Waals surface area (Å²) in [5.74, 6) is 0.565. The van der Waals surface area contributed by atoms with Crippen LogP contribution in [0.25, 0.3) is 0 Å². The zero-order valence-electron chi connectivity index (χ0n) is 11.4. The lowest BCUT2D eigenvalue weighted by atomic mass is 9.93. The zero-order chi connectivity index (χ0) is 12.7. The minimum atomic E-state index is 0.565. The molecule has 1 saturated carbocycles. The predicted molar refractivity (Wildman–Crippen MR) is 76.9 cm³/mol. The van der Waals surface area contributed by atoms with Gasteiger partial charge in [-0.3, -0.25) is 4.99 Å². The molecule has 1 fully saturated rings. The number of allylic oxidation sites excluding steroid dienone is 2. The third-order valence-corrected chi connectivity index (χ3v) is 3.16. The molecule has 0 aromatic heterocycles. The van der Waals surface area contributed by atoms with Gasteiger partial charge in [0.25, 0.3) is 0 Å². The second kappa shape index (κ2) is 7.05. The molecule has 0 aliphatic heterocycles. The third kappa shape index (κ3) is 3.06. The van der Waals surface area contributed by atoms with Crippen molar-refractivity contribution in [2.75, 3.05) is 7.05 Å². The number of rotatable bonds is 1. The van der Waals surface area contributed by atoms with Crippen molar-refractivity contribution in [3.05, 3.63) is 47.5 Å². The van der Waals surface area contributed by atoms with Gasteiger partial charge in [0.1, 0.15) is 0 Å². The number of nitrogens with zero attached hydrogens (tertiary/aromatic N) is 1. The van der Waals surface area contributed by atoms with E-state index in [9.17, 15) is 0 Å². The SMILES string of the molecule is C/C=C1\C(=NC)CCC1c1ccccc1.CC. The Morgan fingerprint density at radius 3 is 2.35 bits per heavy atom. The molecule has 0 heterocycles. The highest BCUT2D eigenvalue weighted by Crippen LogP contribution is 2.37. The second-order valence-electron chi connectivity index (χ2n) is 3.92. The molecule has 0 spiro atoms. The summed E-state index contributed by atoms with van der Waals surface area (Å²) in [6.45, 7) is 6.11. The van der Waals surface area contributed by atoms with Crippen LogP contribution in [0.15, 0.2) is 47.0 Å². The number of benzene rings is 1. The average Bonchev–Trinajstić information content (AvgIpc) is 2.84. The Bertz CT molecular complexity index is 387. The molecule has 92 valence electrons. The van der Waals surface area contributed by atoms with Crippen molar-refractivity contribution in [3.63, 3.8) is 0 Å². The highest BCUT2D eigenvalue weighted by Gasteiger charge is 2.26. The van der Waals surface area contributed by atoms with Gasteiger partial charge in [-0.05, 0) is 30.9 Å². The summed E-state index contributed by atoms with van der Waals surface area (Å²) in [6.07, 6.45) is 4.54. The van der Waals surface area contributed by atoms with Crippen molar-refractivity contribution in [3.8, 4) is 0 Å². The predicted octanol–water partition coefficient (Wildman–Crippen LogP) is 4.61. The largest absolute Gasteiger partial charge is 0.293 e. The third-order valence-electron chi connectivity index (χ3n) is 3.16. The van der Waals surface area contributed by atoms with Crippen LogP contribution in [0, 0.1) is 0 Å². The lowest BCUT2D eigenvalue weighted by Gasteiger charge is -2.11.